The fourth-order valence-electron chi connectivity index (χ4n) is 1.71. The fraction of sp³-hybridized carbons (Fsp3) is 0.538. The van der Waals surface area contributed by atoms with Gasteiger partial charge in [-0.25, -0.2) is 0 Å². The van der Waals surface area contributed by atoms with Crippen molar-refractivity contribution < 1.29 is 18.3 Å². The maximum Gasteiger partial charge on any atom is 0.416 e. The second kappa shape index (κ2) is 6.20. The zero-order chi connectivity index (χ0) is 13.8. The number of likely N-dealkylation sites (N-methyl/N-ethyl adjacent to an activating group) is 1. The summed E-state index contributed by atoms with van der Waals surface area (Å²) >= 11 is 0. The number of alkyl halides is 3. The van der Waals surface area contributed by atoms with Gasteiger partial charge in [0.2, 0.25) is 0 Å². The minimum atomic E-state index is -4.31. The molecular weight excluding hydrogens is 243 g/mol. The van der Waals surface area contributed by atoms with Gasteiger partial charge in [0.1, 0.15) is 0 Å². The first kappa shape index (κ1) is 15.0. The van der Waals surface area contributed by atoms with Gasteiger partial charge in [0.25, 0.3) is 0 Å². The molecule has 1 rings (SSSR count). The molecule has 1 aromatic carbocycles. The van der Waals surface area contributed by atoms with Crippen LogP contribution in [0.3, 0.4) is 0 Å². The molecule has 0 aliphatic heterocycles. The summed E-state index contributed by atoms with van der Waals surface area (Å²) in [6.07, 6.45) is -4.12. The zero-order valence-corrected chi connectivity index (χ0v) is 10.5. The smallest absolute Gasteiger partial charge is 0.392 e. The van der Waals surface area contributed by atoms with E-state index >= 15 is 0 Å². The predicted molar refractivity (Wildman–Crippen MR) is 64.1 cm³/mol. The van der Waals surface area contributed by atoms with Crippen LogP contribution in [-0.2, 0) is 12.7 Å². The van der Waals surface area contributed by atoms with Gasteiger partial charge in [0.05, 0.1) is 11.7 Å². The monoisotopic (exact) mass is 261 g/mol. The van der Waals surface area contributed by atoms with Crippen molar-refractivity contribution in [3.63, 3.8) is 0 Å². The Hall–Kier alpha value is -1.07. The third kappa shape index (κ3) is 4.66. The highest BCUT2D eigenvalue weighted by atomic mass is 19.4. The highest BCUT2D eigenvalue weighted by molar-refractivity contribution is 5.25. The predicted octanol–water partition coefficient (Wildman–Crippen LogP) is 2.91. The second-order valence-electron chi connectivity index (χ2n) is 4.46. The van der Waals surface area contributed by atoms with Crippen molar-refractivity contribution >= 4 is 0 Å². The van der Waals surface area contributed by atoms with Crippen LogP contribution in [0, 0.1) is 0 Å². The van der Waals surface area contributed by atoms with E-state index in [-0.39, 0.29) is 0 Å². The fourth-order valence-corrected chi connectivity index (χ4v) is 1.71. The molecule has 0 saturated heterocycles. The second-order valence-corrected chi connectivity index (χ2v) is 4.46. The Morgan fingerprint density at radius 3 is 2.56 bits per heavy atom. The Labute approximate surface area is 105 Å². The quantitative estimate of drug-likeness (QED) is 0.881. The van der Waals surface area contributed by atoms with E-state index < -0.39 is 17.8 Å². The van der Waals surface area contributed by atoms with Crippen LogP contribution in [0.1, 0.15) is 24.5 Å². The first-order valence-electron chi connectivity index (χ1n) is 5.85. The Balaban J connectivity index is 2.68. The Bertz CT molecular complexity index is 379. The van der Waals surface area contributed by atoms with Crippen LogP contribution in [0.25, 0.3) is 0 Å². The summed E-state index contributed by atoms with van der Waals surface area (Å²) in [5.41, 5.74) is -0.0416. The van der Waals surface area contributed by atoms with Crippen molar-refractivity contribution in [1.82, 2.24) is 4.90 Å². The van der Waals surface area contributed by atoms with E-state index in [0.29, 0.717) is 25.1 Å². The SMILES string of the molecule is CCC(O)CN(C)Cc1cccc(C(F)(F)F)c1. The Morgan fingerprint density at radius 1 is 1.33 bits per heavy atom. The molecule has 0 bridgehead atoms. The average Bonchev–Trinajstić information content (AvgIpc) is 2.27. The molecule has 2 nitrogen and oxygen atoms in total. The number of nitrogens with zero attached hydrogens (tertiary/aromatic N) is 1. The van der Waals surface area contributed by atoms with E-state index in [4.69, 9.17) is 0 Å². The van der Waals surface area contributed by atoms with Crippen molar-refractivity contribution in [2.75, 3.05) is 13.6 Å². The topological polar surface area (TPSA) is 23.5 Å². The minimum Gasteiger partial charge on any atom is -0.392 e. The molecule has 0 spiro atoms. The minimum absolute atomic E-state index is 0.390. The number of aliphatic hydroxyl groups is 1. The first-order chi connectivity index (χ1) is 8.32. The molecule has 0 radical (unpaired) electrons. The summed E-state index contributed by atoms with van der Waals surface area (Å²) in [6.45, 7) is 2.70. The number of aliphatic hydroxyl groups excluding tert-OH is 1. The summed E-state index contributed by atoms with van der Waals surface area (Å²) in [6, 6.07) is 5.27. The van der Waals surface area contributed by atoms with Gasteiger partial charge in [-0.05, 0) is 25.1 Å². The van der Waals surface area contributed by atoms with Gasteiger partial charge in [-0.1, -0.05) is 25.1 Å². The average molecular weight is 261 g/mol. The van der Waals surface area contributed by atoms with Gasteiger partial charge in [-0.2, -0.15) is 13.2 Å². The van der Waals surface area contributed by atoms with Gasteiger partial charge >= 0.3 is 6.18 Å². The Morgan fingerprint density at radius 2 is 2.00 bits per heavy atom. The highest BCUT2D eigenvalue weighted by Crippen LogP contribution is 2.29. The number of halogens is 3. The molecule has 1 N–H and O–H groups in total. The molecule has 0 aliphatic carbocycles. The summed E-state index contributed by atoms with van der Waals surface area (Å²) in [7, 11) is 1.78. The van der Waals surface area contributed by atoms with Gasteiger partial charge in [0, 0.05) is 13.1 Å². The van der Waals surface area contributed by atoms with Crippen LogP contribution in [0.4, 0.5) is 13.2 Å². The molecule has 1 unspecified atom stereocenters. The molecule has 0 aliphatic rings. The molecule has 0 fully saturated rings. The van der Waals surface area contributed by atoms with Gasteiger partial charge in [0.15, 0.2) is 0 Å². The first-order valence-corrected chi connectivity index (χ1v) is 5.85. The molecule has 5 heteroatoms. The van der Waals surface area contributed by atoms with Crippen LogP contribution in [-0.4, -0.2) is 29.7 Å². The van der Waals surface area contributed by atoms with E-state index in [2.05, 4.69) is 0 Å². The van der Waals surface area contributed by atoms with E-state index in [1.54, 1.807) is 13.1 Å². The standard InChI is InChI=1S/C13H18F3NO/c1-3-12(18)9-17(2)8-10-5-4-6-11(7-10)13(14,15)16/h4-7,12,18H,3,8-9H2,1-2H3. The van der Waals surface area contributed by atoms with Crippen LogP contribution >= 0.6 is 0 Å². The van der Waals surface area contributed by atoms with E-state index in [9.17, 15) is 18.3 Å². The lowest BCUT2D eigenvalue weighted by molar-refractivity contribution is -0.137. The molecule has 1 aromatic rings. The number of hydrogen-bond acceptors (Lipinski definition) is 2. The number of benzene rings is 1. The normalized spacial score (nSPS) is 13.9. The molecule has 1 atom stereocenters. The molecule has 18 heavy (non-hydrogen) atoms. The van der Waals surface area contributed by atoms with E-state index in [1.807, 2.05) is 11.8 Å². The van der Waals surface area contributed by atoms with Crippen molar-refractivity contribution in [1.29, 1.82) is 0 Å². The van der Waals surface area contributed by atoms with E-state index in [1.165, 1.54) is 6.07 Å². The molecular formula is C13H18F3NO. The third-order valence-corrected chi connectivity index (χ3v) is 2.70. The van der Waals surface area contributed by atoms with Crippen molar-refractivity contribution in [3.8, 4) is 0 Å². The Kier molecular flexibility index (Phi) is 5.16. The molecule has 0 heterocycles. The van der Waals surface area contributed by atoms with E-state index in [0.717, 1.165) is 12.1 Å². The van der Waals surface area contributed by atoms with Crippen LogP contribution in [0.5, 0.6) is 0 Å². The van der Waals surface area contributed by atoms with Crippen LogP contribution < -0.4 is 0 Å². The lowest BCUT2D eigenvalue weighted by Crippen LogP contribution is -2.28. The van der Waals surface area contributed by atoms with Crippen molar-refractivity contribution in [3.05, 3.63) is 35.4 Å². The summed E-state index contributed by atoms with van der Waals surface area (Å²) in [5, 5.41) is 9.47. The largest absolute Gasteiger partial charge is 0.416 e. The van der Waals surface area contributed by atoms with Crippen molar-refractivity contribution in [2.45, 2.75) is 32.2 Å². The van der Waals surface area contributed by atoms with Gasteiger partial charge in [-0.3, -0.25) is 4.90 Å². The maximum absolute atomic E-state index is 12.5. The molecule has 102 valence electrons. The van der Waals surface area contributed by atoms with Gasteiger partial charge < -0.3 is 5.11 Å². The summed E-state index contributed by atoms with van der Waals surface area (Å²) < 4.78 is 37.5. The highest BCUT2D eigenvalue weighted by Gasteiger charge is 2.30. The number of hydrogen-bond donors (Lipinski definition) is 1. The molecule has 0 saturated carbocycles. The maximum atomic E-state index is 12.5. The molecule has 0 amide bonds. The lowest BCUT2D eigenvalue weighted by atomic mass is 10.1. The van der Waals surface area contributed by atoms with Crippen molar-refractivity contribution in [2.24, 2.45) is 0 Å². The molecule has 0 aromatic heterocycles. The number of rotatable bonds is 5. The lowest BCUT2D eigenvalue weighted by Gasteiger charge is -2.20. The summed E-state index contributed by atoms with van der Waals surface area (Å²) in [4.78, 5) is 1.81. The van der Waals surface area contributed by atoms with Gasteiger partial charge in [-0.15, -0.1) is 0 Å². The zero-order valence-electron chi connectivity index (χ0n) is 10.5. The summed E-state index contributed by atoms with van der Waals surface area (Å²) in [5.74, 6) is 0. The van der Waals surface area contributed by atoms with Crippen LogP contribution in [0.15, 0.2) is 24.3 Å². The third-order valence-electron chi connectivity index (χ3n) is 2.70. The van der Waals surface area contributed by atoms with Crippen LogP contribution in [0.2, 0.25) is 0 Å².